The van der Waals surface area contributed by atoms with Crippen molar-refractivity contribution < 1.29 is 24.0 Å². The number of anilines is 1. The molecule has 2 rings (SSSR count). The molecule has 1 amide bonds. The molecule has 0 saturated carbocycles. The van der Waals surface area contributed by atoms with E-state index in [9.17, 15) is 19.7 Å². The highest BCUT2D eigenvalue weighted by molar-refractivity contribution is 7.18. The number of benzene rings is 1. The van der Waals surface area contributed by atoms with Crippen LogP contribution in [0.5, 0.6) is 5.75 Å². The van der Waals surface area contributed by atoms with E-state index in [1.54, 1.807) is 0 Å². The van der Waals surface area contributed by atoms with Crippen molar-refractivity contribution >= 4 is 56.5 Å². The summed E-state index contributed by atoms with van der Waals surface area (Å²) >= 11 is 12.3. The molecule has 12 heteroatoms. The summed E-state index contributed by atoms with van der Waals surface area (Å²) in [4.78, 5) is 36.7. The molecule has 0 radical (unpaired) electrons. The first-order chi connectivity index (χ1) is 11.8. The number of carbonyl (C=O) groups is 2. The zero-order valence-electron chi connectivity index (χ0n) is 12.2. The Hall–Kier alpha value is -2.43. The third-order valence-electron chi connectivity index (χ3n) is 2.52. The molecule has 0 fully saturated rings. The Morgan fingerprint density at radius 1 is 1.32 bits per heavy atom. The number of rotatable bonds is 7. The van der Waals surface area contributed by atoms with E-state index >= 15 is 0 Å². The van der Waals surface area contributed by atoms with Gasteiger partial charge in [0.1, 0.15) is 11.9 Å². The number of thiazole rings is 1. The van der Waals surface area contributed by atoms with Crippen molar-refractivity contribution in [1.82, 2.24) is 4.98 Å². The first kappa shape index (κ1) is 18.9. The van der Waals surface area contributed by atoms with Crippen LogP contribution in [0.2, 0.25) is 10.0 Å². The van der Waals surface area contributed by atoms with E-state index in [2.05, 4.69) is 10.3 Å². The standard InChI is InChI=1S/C13H9Cl2N3O6S/c14-7-1-2-9(8(15)3-7)23-6-12(20)24-5-10(19)17-13-16-4-11(25-13)18(21)22/h1-4H,5-6H2,(H,16,17,19). The van der Waals surface area contributed by atoms with E-state index < -0.39 is 30.0 Å². The molecular weight excluding hydrogens is 397 g/mol. The molecular formula is C13H9Cl2N3O6S. The summed E-state index contributed by atoms with van der Waals surface area (Å²) in [6.07, 6.45) is 1.01. The smallest absolute Gasteiger partial charge is 0.345 e. The van der Waals surface area contributed by atoms with Gasteiger partial charge in [-0.15, -0.1) is 0 Å². The number of esters is 1. The zero-order chi connectivity index (χ0) is 18.4. The van der Waals surface area contributed by atoms with Gasteiger partial charge < -0.3 is 9.47 Å². The van der Waals surface area contributed by atoms with Crippen molar-refractivity contribution in [2.24, 2.45) is 0 Å². The lowest BCUT2D eigenvalue weighted by molar-refractivity contribution is -0.380. The number of nitrogens with one attached hydrogen (secondary N) is 1. The largest absolute Gasteiger partial charge is 0.480 e. The minimum absolute atomic E-state index is 0.0249. The molecule has 132 valence electrons. The lowest BCUT2D eigenvalue weighted by Crippen LogP contribution is -2.23. The second-order valence-corrected chi connectivity index (χ2v) is 6.19. The number of halogens is 2. The minimum atomic E-state index is -0.800. The van der Waals surface area contributed by atoms with Gasteiger partial charge in [0.2, 0.25) is 0 Å². The summed E-state index contributed by atoms with van der Waals surface area (Å²) in [6.45, 7) is -1.05. The molecule has 25 heavy (non-hydrogen) atoms. The molecule has 9 nitrogen and oxygen atoms in total. The average Bonchev–Trinajstić information content (AvgIpc) is 3.01. The maximum Gasteiger partial charge on any atom is 0.345 e. The van der Waals surface area contributed by atoms with Crippen molar-refractivity contribution in [1.29, 1.82) is 0 Å². The van der Waals surface area contributed by atoms with Crippen LogP contribution in [0.4, 0.5) is 10.1 Å². The molecule has 0 spiro atoms. The number of amides is 1. The lowest BCUT2D eigenvalue weighted by atomic mass is 10.3. The fourth-order valence-electron chi connectivity index (χ4n) is 1.48. The van der Waals surface area contributed by atoms with Crippen LogP contribution in [-0.4, -0.2) is 35.0 Å². The Morgan fingerprint density at radius 2 is 2.08 bits per heavy atom. The molecule has 0 saturated heterocycles. The molecule has 1 aromatic carbocycles. The molecule has 0 aliphatic heterocycles. The summed E-state index contributed by atoms with van der Waals surface area (Å²) in [5.41, 5.74) is 0. The van der Waals surface area contributed by atoms with Crippen molar-refractivity contribution in [2.75, 3.05) is 18.5 Å². The van der Waals surface area contributed by atoms with Gasteiger partial charge in [0.25, 0.3) is 5.91 Å². The molecule has 2 aromatic rings. The van der Waals surface area contributed by atoms with Crippen LogP contribution in [0, 0.1) is 10.1 Å². The third-order valence-corrected chi connectivity index (χ3v) is 3.92. The van der Waals surface area contributed by atoms with Crippen LogP contribution in [0.15, 0.2) is 24.4 Å². The van der Waals surface area contributed by atoms with Gasteiger partial charge in [-0.05, 0) is 29.5 Å². The quantitative estimate of drug-likeness (QED) is 0.426. The average molecular weight is 406 g/mol. The van der Waals surface area contributed by atoms with E-state index in [4.69, 9.17) is 32.7 Å². The highest BCUT2D eigenvalue weighted by Crippen LogP contribution is 2.27. The highest BCUT2D eigenvalue weighted by Gasteiger charge is 2.15. The summed E-state index contributed by atoms with van der Waals surface area (Å²) in [5.74, 6) is -1.25. The van der Waals surface area contributed by atoms with Crippen molar-refractivity contribution in [3.8, 4) is 5.75 Å². The summed E-state index contributed by atoms with van der Waals surface area (Å²) in [6, 6.07) is 4.47. The molecule has 0 bridgehead atoms. The Labute approximate surface area is 154 Å². The van der Waals surface area contributed by atoms with Crippen LogP contribution in [-0.2, 0) is 14.3 Å². The maximum atomic E-state index is 11.6. The summed E-state index contributed by atoms with van der Waals surface area (Å²) in [5, 5.41) is 13.2. The van der Waals surface area contributed by atoms with Crippen molar-refractivity contribution in [2.45, 2.75) is 0 Å². The Balaban J connectivity index is 1.75. The van der Waals surface area contributed by atoms with Gasteiger partial charge in [-0.2, -0.15) is 0 Å². The van der Waals surface area contributed by atoms with Crippen molar-refractivity contribution in [3.63, 3.8) is 0 Å². The first-order valence-electron chi connectivity index (χ1n) is 6.48. The van der Waals surface area contributed by atoms with Gasteiger partial charge in [-0.25, -0.2) is 9.78 Å². The second kappa shape index (κ2) is 8.60. The van der Waals surface area contributed by atoms with Crippen LogP contribution < -0.4 is 10.1 Å². The number of aromatic nitrogens is 1. The molecule has 0 atom stereocenters. The minimum Gasteiger partial charge on any atom is -0.480 e. The number of nitrogens with zero attached hydrogens (tertiary/aromatic N) is 2. The normalized spacial score (nSPS) is 10.2. The van der Waals surface area contributed by atoms with Crippen LogP contribution in [0.25, 0.3) is 0 Å². The Kier molecular flexibility index (Phi) is 6.51. The Morgan fingerprint density at radius 3 is 2.72 bits per heavy atom. The SMILES string of the molecule is O=C(COC(=O)COc1ccc(Cl)cc1Cl)Nc1ncc([N+](=O)[O-])s1. The fraction of sp³-hybridized carbons (Fsp3) is 0.154. The molecule has 1 aromatic heterocycles. The fourth-order valence-corrected chi connectivity index (χ4v) is 2.59. The predicted octanol–water partition coefficient (Wildman–Crippen LogP) is 2.92. The van der Waals surface area contributed by atoms with E-state index in [1.165, 1.54) is 18.2 Å². The number of nitro groups is 1. The second-order valence-electron chi connectivity index (χ2n) is 4.33. The number of ether oxygens (including phenoxy) is 2. The highest BCUT2D eigenvalue weighted by atomic mass is 35.5. The van der Waals surface area contributed by atoms with Gasteiger partial charge in [-0.1, -0.05) is 23.2 Å². The topological polar surface area (TPSA) is 121 Å². The van der Waals surface area contributed by atoms with Gasteiger partial charge >= 0.3 is 11.0 Å². The van der Waals surface area contributed by atoms with E-state index in [0.29, 0.717) is 16.4 Å². The van der Waals surface area contributed by atoms with Gasteiger partial charge in [0.05, 0.1) is 9.95 Å². The molecule has 0 unspecified atom stereocenters. The third kappa shape index (κ3) is 5.85. The first-order valence-corrected chi connectivity index (χ1v) is 8.06. The van der Waals surface area contributed by atoms with E-state index in [0.717, 1.165) is 6.20 Å². The zero-order valence-corrected chi connectivity index (χ0v) is 14.6. The summed E-state index contributed by atoms with van der Waals surface area (Å²) in [7, 11) is 0. The van der Waals surface area contributed by atoms with Crippen LogP contribution >= 0.6 is 34.5 Å². The maximum absolute atomic E-state index is 11.6. The molecule has 1 heterocycles. The van der Waals surface area contributed by atoms with Gasteiger partial charge in [0, 0.05) is 5.02 Å². The molecule has 0 aliphatic rings. The van der Waals surface area contributed by atoms with Crippen LogP contribution in [0.1, 0.15) is 0 Å². The van der Waals surface area contributed by atoms with Gasteiger partial charge in [0.15, 0.2) is 18.3 Å². The number of hydrogen-bond acceptors (Lipinski definition) is 8. The monoisotopic (exact) mass is 405 g/mol. The summed E-state index contributed by atoms with van der Waals surface area (Å²) < 4.78 is 9.87. The molecule has 0 aliphatic carbocycles. The number of carbonyl (C=O) groups excluding carboxylic acids is 2. The van der Waals surface area contributed by atoms with E-state index in [1.807, 2.05) is 0 Å². The number of hydrogen-bond donors (Lipinski definition) is 1. The lowest BCUT2D eigenvalue weighted by Gasteiger charge is -2.08. The van der Waals surface area contributed by atoms with E-state index in [-0.39, 0.29) is 20.9 Å². The van der Waals surface area contributed by atoms with Crippen LogP contribution in [0.3, 0.4) is 0 Å². The predicted molar refractivity (Wildman–Crippen MR) is 90.3 cm³/mol. The van der Waals surface area contributed by atoms with Gasteiger partial charge in [-0.3, -0.25) is 20.2 Å². The van der Waals surface area contributed by atoms with Crippen molar-refractivity contribution in [3.05, 3.63) is 44.6 Å². The molecule has 1 N–H and O–H groups in total. The Bertz CT molecular complexity index is 813.